The summed E-state index contributed by atoms with van der Waals surface area (Å²) in [5, 5.41) is 7.19. The highest BCUT2D eigenvalue weighted by Crippen LogP contribution is 2.39. The van der Waals surface area contributed by atoms with Crippen molar-refractivity contribution in [2.24, 2.45) is 0 Å². The lowest BCUT2D eigenvalue weighted by Gasteiger charge is -2.26. The van der Waals surface area contributed by atoms with E-state index in [0.29, 0.717) is 58.1 Å². The van der Waals surface area contributed by atoms with Gasteiger partial charge in [-0.15, -0.1) is 11.6 Å². The normalized spacial score (nSPS) is 13.0. The molecule has 1 heterocycles. The Hall–Kier alpha value is -4.37. The van der Waals surface area contributed by atoms with Crippen LogP contribution >= 0.6 is 11.6 Å². The number of carbonyl (C=O) groups excluding carboxylic acids is 1. The van der Waals surface area contributed by atoms with Crippen LogP contribution < -0.4 is 35.3 Å². The molecule has 0 saturated heterocycles. The molecule has 0 atom stereocenters. The number of amides is 1. The zero-order valence-electron chi connectivity index (χ0n) is 23.9. The summed E-state index contributed by atoms with van der Waals surface area (Å²) in [6.07, 6.45) is 4.35. The van der Waals surface area contributed by atoms with E-state index in [4.69, 9.17) is 36.3 Å². The predicted molar refractivity (Wildman–Crippen MR) is 166 cm³/mol. The molecule has 10 heteroatoms. The Bertz CT molecular complexity index is 1560. The molecule has 220 valence electrons. The third kappa shape index (κ3) is 6.91. The monoisotopic (exact) mass is 590 g/mol. The van der Waals surface area contributed by atoms with Crippen LogP contribution in [0, 0.1) is 0 Å². The molecule has 0 radical (unpaired) electrons. The van der Waals surface area contributed by atoms with Crippen molar-refractivity contribution in [3.05, 3.63) is 66.9 Å². The number of alkyl halides is 1. The summed E-state index contributed by atoms with van der Waals surface area (Å²) in [5.41, 5.74) is 7.97. The number of para-hydroxylation sites is 2. The lowest BCUT2D eigenvalue weighted by atomic mass is 10.1. The first-order valence-corrected chi connectivity index (χ1v) is 14.4. The van der Waals surface area contributed by atoms with Crippen molar-refractivity contribution < 1.29 is 23.7 Å². The van der Waals surface area contributed by atoms with Gasteiger partial charge in [-0.2, -0.15) is 0 Å². The first-order chi connectivity index (χ1) is 20.3. The van der Waals surface area contributed by atoms with Crippen LogP contribution in [0.5, 0.6) is 28.7 Å². The topological polar surface area (TPSA) is 117 Å². The molecule has 5 rings (SSSR count). The lowest BCUT2D eigenvalue weighted by Crippen LogP contribution is -2.47. The van der Waals surface area contributed by atoms with E-state index >= 15 is 0 Å². The quantitative estimate of drug-likeness (QED) is 0.115. The van der Waals surface area contributed by atoms with E-state index in [0.717, 1.165) is 30.3 Å². The summed E-state index contributed by atoms with van der Waals surface area (Å²) in [5.74, 6) is 3.12. The van der Waals surface area contributed by atoms with E-state index in [9.17, 15) is 4.79 Å². The second-order valence-electron chi connectivity index (χ2n) is 10.6. The number of benzene rings is 3. The van der Waals surface area contributed by atoms with Crippen LogP contribution in [0.25, 0.3) is 10.9 Å². The third-order valence-electron chi connectivity index (χ3n) is 6.74. The summed E-state index contributed by atoms with van der Waals surface area (Å²) in [6.45, 7) is 3.98. The van der Waals surface area contributed by atoms with Crippen LogP contribution in [0.15, 0.2) is 66.9 Å². The molecule has 1 aliphatic rings. The molecule has 1 aromatic heterocycles. The third-order valence-corrected chi connectivity index (χ3v) is 7.01. The number of pyridine rings is 1. The standard InChI is InChI=1S/C32H35ClN4O5/c1-32(2,31(38)37-21-9-10-21)42-27-8-5-4-7-26(27)41-22-13-11-20(12-14-22)36-30-23-17-28(39-3)29(40-16-6-15-33)18-25(23)35-19-24(30)34/h4-5,7-8,11-14,17-19,21H,6,9-10,15-16,34H2,1-3H3,(H,35,36)(H,37,38). The minimum absolute atomic E-state index is 0.147. The minimum Gasteiger partial charge on any atom is -0.493 e. The number of nitrogens with two attached hydrogens (primary N) is 1. The van der Waals surface area contributed by atoms with Gasteiger partial charge in [0, 0.05) is 29.1 Å². The number of halogens is 1. The van der Waals surface area contributed by atoms with Gasteiger partial charge >= 0.3 is 0 Å². The molecule has 0 spiro atoms. The van der Waals surface area contributed by atoms with Crippen molar-refractivity contribution in [1.82, 2.24) is 10.3 Å². The van der Waals surface area contributed by atoms with Crippen LogP contribution in [0.3, 0.4) is 0 Å². The molecule has 1 aliphatic carbocycles. The number of anilines is 3. The maximum atomic E-state index is 12.7. The van der Waals surface area contributed by atoms with Crippen molar-refractivity contribution in [2.45, 2.75) is 44.8 Å². The van der Waals surface area contributed by atoms with E-state index in [-0.39, 0.29) is 11.9 Å². The summed E-state index contributed by atoms with van der Waals surface area (Å²) in [7, 11) is 1.59. The first-order valence-electron chi connectivity index (χ1n) is 13.9. The average Bonchev–Trinajstić information content (AvgIpc) is 3.80. The summed E-state index contributed by atoms with van der Waals surface area (Å²) in [6, 6.07) is 18.7. The van der Waals surface area contributed by atoms with Gasteiger partial charge < -0.3 is 35.3 Å². The maximum absolute atomic E-state index is 12.7. The van der Waals surface area contributed by atoms with Gasteiger partial charge in [0.05, 0.1) is 36.8 Å². The summed E-state index contributed by atoms with van der Waals surface area (Å²) < 4.78 is 23.7. The summed E-state index contributed by atoms with van der Waals surface area (Å²) >= 11 is 5.78. The van der Waals surface area contributed by atoms with Crippen LogP contribution in [0.2, 0.25) is 0 Å². The van der Waals surface area contributed by atoms with Crippen molar-refractivity contribution in [3.8, 4) is 28.7 Å². The van der Waals surface area contributed by atoms with Gasteiger partial charge in [-0.25, -0.2) is 0 Å². The Balaban J connectivity index is 1.32. The highest BCUT2D eigenvalue weighted by Gasteiger charge is 2.35. The molecule has 0 unspecified atom stereocenters. The number of hydrogen-bond donors (Lipinski definition) is 3. The van der Waals surface area contributed by atoms with E-state index in [1.807, 2.05) is 48.5 Å². The number of carbonyl (C=O) groups is 1. The van der Waals surface area contributed by atoms with Crippen LogP contribution in [-0.2, 0) is 4.79 Å². The molecule has 4 aromatic rings. The van der Waals surface area contributed by atoms with Crippen molar-refractivity contribution in [3.63, 3.8) is 0 Å². The molecule has 0 bridgehead atoms. The van der Waals surface area contributed by atoms with Gasteiger partial charge in [0.1, 0.15) is 5.75 Å². The number of hydrogen-bond acceptors (Lipinski definition) is 8. The van der Waals surface area contributed by atoms with Gasteiger partial charge in [-0.1, -0.05) is 12.1 Å². The van der Waals surface area contributed by atoms with E-state index in [2.05, 4.69) is 15.6 Å². The average molecular weight is 591 g/mol. The summed E-state index contributed by atoms with van der Waals surface area (Å²) in [4.78, 5) is 17.2. The predicted octanol–water partition coefficient (Wildman–Crippen LogP) is 6.81. The van der Waals surface area contributed by atoms with Gasteiger partial charge in [-0.3, -0.25) is 9.78 Å². The van der Waals surface area contributed by atoms with Gasteiger partial charge in [-0.05, 0) is 75.6 Å². The molecule has 42 heavy (non-hydrogen) atoms. The fraction of sp³-hybridized carbons (Fsp3) is 0.312. The van der Waals surface area contributed by atoms with Crippen molar-refractivity contribution in [1.29, 1.82) is 0 Å². The second-order valence-corrected chi connectivity index (χ2v) is 10.9. The Kier molecular flexibility index (Phi) is 8.77. The Morgan fingerprint density at radius 2 is 1.79 bits per heavy atom. The molecule has 0 aliphatic heterocycles. The molecular formula is C32H35ClN4O5. The number of aromatic nitrogens is 1. The van der Waals surface area contributed by atoms with Crippen LogP contribution in [0.1, 0.15) is 33.1 Å². The molecular weight excluding hydrogens is 556 g/mol. The number of rotatable bonds is 13. The van der Waals surface area contributed by atoms with E-state index in [1.165, 1.54) is 0 Å². The minimum atomic E-state index is -1.05. The number of nitrogens with one attached hydrogen (secondary N) is 2. The molecule has 1 fully saturated rings. The largest absolute Gasteiger partial charge is 0.493 e. The highest BCUT2D eigenvalue weighted by atomic mass is 35.5. The molecule has 1 amide bonds. The number of fused-ring (bicyclic) bond motifs is 1. The van der Waals surface area contributed by atoms with Gasteiger partial charge in [0.25, 0.3) is 5.91 Å². The fourth-order valence-electron chi connectivity index (χ4n) is 4.27. The van der Waals surface area contributed by atoms with Crippen molar-refractivity contribution in [2.75, 3.05) is 30.6 Å². The smallest absolute Gasteiger partial charge is 0.263 e. The number of nitrogen functional groups attached to an aromatic ring is 1. The van der Waals surface area contributed by atoms with E-state index < -0.39 is 5.60 Å². The van der Waals surface area contributed by atoms with Crippen LogP contribution in [-0.4, -0.2) is 42.1 Å². The maximum Gasteiger partial charge on any atom is 0.263 e. The van der Waals surface area contributed by atoms with Gasteiger partial charge in [0.2, 0.25) is 0 Å². The van der Waals surface area contributed by atoms with Gasteiger partial charge in [0.15, 0.2) is 28.6 Å². The highest BCUT2D eigenvalue weighted by molar-refractivity contribution is 6.17. The number of methoxy groups -OCH3 is 1. The number of ether oxygens (including phenoxy) is 4. The Labute approximate surface area is 250 Å². The second kappa shape index (κ2) is 12.7. The first kappa shape index (κ1) is 29.1. The van der Waals surface area contributed by atoms with Crippen LogP contribution in [0.4, 0.5) is 17.1 Å². The molecule has 4 N–H and O–H groups in total. The Morgan fingerprint density at radius 3 is 2.48 bits per heavy atom. The van der Waals surface area contributed by atoms with E-state index in [1.54, 1.807) is 39.3 Å². The fourth-order valence-corrected chi connectivity index (χ4v) is 4.38. The SMILES string of the molecule is COc1cc2c(Nc3ccc(Oc4ccccc4OC(C)(C)C(=O)NC4CC4)cc3)c(N)cnc2cc1OCCCCl. The molecule has 9 nitrogen and oxygen atoms in total. The Morgan fingerprint density at radius 1 is 1.05 bits per heavy atom. The molecule has 3 aromatic carbocycles. The number of nitrogens with zero attached hydrogens (tertiary/aromatic N) is 1. The molecule has 1 saturated carbocycles. The van der Waals surface area contributed by atoms with Crippen molar-refractivity contribution >= 4 is 45.5 Å². The lowest BCUT2D eigenvalue weighted by molar-refractivity contribution is -0.134. The zero-order valence-corrected chi connectivity index (χ0v) is 24.7. The zero-order chi connectivity index (χ0) is 29.7.